The molecule has 0 aromatic heterocycles. The quantitative estimate of drug-likeness (QED) is 0.557. The summed E-state index contributed by atoms with van der Waals surface area (Å²) in [4.78, 5) is 0. The van der Waals surface area contributed by atoms with Gasteiger partial charge in [-0.25, -0.2) is 0 Å². The second-order valence-corrected chi connectivity index (χ2v) is 6.88. The summed E-state index contributed by atoms with van der Waals surface area (Å²) in [6, 6.07) is 7.78. The lowest BCUT2D eigenvalue weighted by atomic mass is 10.3. The van der Waals surface area contributed by atoms with Crippen LogP contribution in [0.25, 0.3) is 0 Å². The van der Waals surface area contributed by atoms with Crippen LogP contribution in [0, 0.1) is 12.3 Å². The Morgan fingerprint density at radius 2 is 1.67 bits per heavy atom. The van der Waals surface area contributed by atoms with Crippen LogP contribution in [-0.4, -0.2) is 28.4 Å². The summed E-state index contributed by atoms with van der Waals surface area (Å²) in [5.41, 5.74) is 0. The number of ether oxygens (including phenoxy) is 1. The minimum atomic E-state index is -2.28. The number of terminal acetylenes is 1. The Morgan fingerprint density at radius 1 is 1.11 bits per heavy atom. The van der Waals surface area contributed by atoms with Crippen molar-refractivity contribution < 1.29 is 13.6 Å². The molecule has 0 atom stereocenters. The smallest absolute Gasteiger partial charge is 0.369 e. The molecular formula is C14H20O3Si. The Bertz CT molecular complexity index is 388. The van der Waals surface area contributed by atoms with E-state index in [-0.39, 0.29) is 6.61 Å². The van der Waals surface area contributed by atoms with Crippen molar-refractivity contribution in [2.45, 2.75) is 20.4 Å². The van der Waals surface area contributed by atoms with Crippen LogP contribution in [0.3, 0.4) is 0 Å². The van der Waals surface area contributed by atoms with Crippen LogP contribution in [-0.2, 0) is 8.85 Å². The Labute approximate surface area is 110 Å². The summed E-state index contributed by atoms with van der Waals surface area (Å²) in [6.45, 7) is 7.60. The molecule has 0 radical (unpaired) electrons. The summed E-state index contributed by atoms with van der Waals surface area (Å²) >= 11 is 0. The van der Waals surface area contributed by atoms with Crippen LogP contribution >= 0.6 is 0 Å². The molecule has 0 unspecified atom stereocenters. The fraction of sp³-hybridized carbons (Fsp3) is 0.429. The Hall–Kier alpha value is -1.28. The molecule has 1 rings (SSSR count). The van der Waals surface area contributed by atoms with Crippen LogP contribution in [0.2, 0.25) is 6.55 Å². The lowest BCUT2D eigenvalue weighted by Crippen LogP contribution is -2.51. The SMILES string of the molecule is C#CCOc1ccc([Si](C)(OCC)OCC)cc1. The highest BCUT2D eigenvalue weighted by atomic mass is 28.4. The van der Waals surface area contributed by atoms with Crippen molar-refractivity contribution in [1.29, 1.82) is 0 Å². The molecule has 0 saturated carbocycles. The van der Waals surface area contributed by atoms with Gasteiger partial charge in [0.1, 0.15) is 12.4 Å². The van der Waals surface area contributed by atoms with Crippen molar-refractivity contribution in [3.63, 3.8) is 0 Å². The van der Waals surface area contributed by atoms with Crippen molar-refractivity contribution in [2.75, 3.05) is 19.8 Å². The fourth-order valence-corrected chi connectivity index (χ4v) is 4.03. The van der Waals surface area contributed by atoms with Gasteiger partial charge < -0.3 is 13.6 Å². The summed E-state index contributed by atoms with van der Waals surface area (Å²) in [7, 11) is -2.28. The average Bonchev–Trinajstić information content (AvgIpc) is 2.37. The summed E-state index contributed by atoms with van der Waals surface area (Å²) in [5, 5.41) is 1.10. The number of hydrogen-bond donors (Lipinski definition) is 0. The maximum Gasteiger partial charge on any atom is 0.369 e. The highest BCUT2D eigenvalue weighted by Gasteiger charge is 2.33. The van der Waals surface area contributed by atoms with E-state index in [9.17, 15) is 0 Å². The topological polar surface area (TPSA) is 27.7 Å². The molecule has 0 amide bonds. The Balaban J connectivity index is 2.83. The Kier molecular flexibility index (Phi) is 5.93. The minimum Gasteiger partial charge on any atom is -0.481 e. The zero-order valence-electron chi connectivity index (χ0n) is 11.2. The van der Waals surface area contributed by atoms with Crippen LogP contribution in [0.4, 0.5) is 0 Å². The van der Waals surface area contributed by atoms with E-state index < -0.39 is 8.56 Å². The predicted molar refractivity (Wildman–Crippen MR) is 75.3 cm³/mol. The normalized spacial score (nSPS) is 11.0. The largest absolute Gasteiger partial charge is 0.481 e. The van der Waals surface area contributed by atoms with Gasteiger partial charge in [-0.05, 0) is 37.7 Å². The van der Waals surface area contributed by atoms with Gasteiger partial charge in [-0.3, -0.25) is 0 Å². The number of hydrogen-bond acceptors (Lipinski definition) is 3. The van der Waals surface area contributed by atoms with Gasteiger partial charge >= 0.3 is 8.56 Å². The van der Waals surface area contributed by atoms with Crippen LogP contribution in [0.15, 0.2) is 24.3 Å². The van der Waals surface area contributed by atoms with Crippen LogP contribution in [0.1, 0.15) is 13.8 Å². The molecule has 0 N–H and O–H groups in total. The molecule has 0 aliphatic rings. The fourth-order valence-electron chi connectivity index (χ4n) is 1.74. The first-order valence-corrected chi connectivity index (χ1v) is 8.42. The summed E-state index contributed by atoms with van der Waals surface area (Å²) < 4.78 is 17.0. The summed E-state index contributed by atoms with van der Waals surface area (Å²) in [5.74, 6) is 3.20. The highest BCUT2D eigenvalue weighted by Crippen LogP contribution is 2.13. The van der Waals surface area contributed by atoms with Crippen molar-refractivity contribution in [3.05, 3.63) is 24.3 Å². The van der Waals surface area contributed by atoms with Gasteiger partial charge in [0.05, 0.1) is 0 Å². The molecule has 0 spiro atoms. The molecule has 0 saturated heterocycles. The first-order chi connectivity index (χ1) is 8.66. The molecule has 4 heteroatoms. The third-order valence-electron chi connectivity index (χ3n) is 2.54. The third-order valence-corrected chi connectivity index (χ3v) is 5.60. The van der Waals surface area contributed by atoms with Gasteiger partial charge in [-0.15, -0.1) is 6.42 Å². The third kappa shape index (κ3) is 3.88. The molecule has 1 aromatic carbocycles. The maximum absolute atomic E-state index is 5.82. The maximum atomic E-state index is 5.82. The number of rotatable bonds is 7. The molecule has 1 aromatic rings. The second kappa shape index (κ2) is 7.22. The zero-order chi connectivity index (χ0) is 13.4. The molecule has 98 valence electrons. The minimum absolute atomic E-state index is 0.283. The van der Waals surface area contributed by atoms with Gasteiger partial charge in [-0.1, -0.05) is 18.1 Å². The molecule has 0 fully saturated rings. The van der Waals surface area contributed by atoms with E-state index in [1.165, 1.54) is 0 Å². The van der Waals surface area contributed by atoms with E-state index in [0.717, 1.165) is 10.9 Å². The van der Waals surface area contributed by atoms with Crippen LogP contribution in [0.5, 0.6) is 5.75 Å². The van der Waals surface area contributed by atoms with Crippen molar-refractivity contribution in [1.82, 2.24) is 0 Å². The van der Waals surface area contributed by atoms with E-state index in [0.29, 0.717) is 13.2 Å². The van der Waals surface area contributed by atoms with Crippen molar-refractivity contribution >= 4 is 13.7 Å². The van der Waals surface area contributed by atoms with Crippen molar-refractivity contribution in [2.24, 2.45) is 0 Å². The molecule has 0 bridgehead atoms. The zero-order valence-corrected chi connectivity index (χ0v) is 12.2. The van der Waals surface area contributed by atoms with E-state index >= 15 is 0 Å². The first-order valence-electron chi connectivity index (χ1n) is 6.11. The van der Waals surface area contributed by atoms with Gasteiger partial charge in [-0.2, -0.15) is 0 Å². The van der Waals surface area contributed by atoms with Gasteiger partial charge in [0.15, 0.2) is 0 Å². The monoisotopic (exact) mass is 264 g/mol. The van der Waals surface area contributed by atoms with E-state index in [1.807, 2.05) is 38.1 Å². The van der Waals surface area contributed by atoms with Gasteiger partial charge in [0, 0.05) is 13.2 Å². The number of benzene rings is 1. The first kappa shape index (κ1) is 14.8. The van der Waals surface area contributed by atoms with Gasteiger partial charge in [0.25, 0.3) is 0 Å². The molecule has 0 heterocycles. The highest BCUT2D eigenvalue weighted by molar-refractivity contribution is 6.79. The summed E-state index contributed by atoms with van der Waals surface area (Å²) in [6.07, 6.45) is 5.15. The van der Waals surface area contributed by atoms with E-state index in [2.05, 4.69) is 12.5 Å². The lowest BCUT2D eigenvalue weighted by molar-refractivity contribution is 0.202. The average molecular weight is 264 g/mol. The second-order valence-electron chi connectivity index (χ2n) is 3.83. The van der Waals surface area contributed by atoms with Gasteiger partial charge in [0.2, 0.25) is 0 Å². The van der Waals surface area contributed by atoms with E-state index in [4.69, 9.17) is 20.0 Å². The van der Waals surface area contributed by atoms with Crippen LogP contribution < -0.4 is 9.92 Å². The molecule has 3 nitrogen and oxygen atoms in total. The molecular weight excluding hydrogens is 244 g/mol. The lowest BCUT2D eigenvalue weighted by Gasteiger charge is -2.26. The van der Waals surface area contributed by atoms with E-state index in [1.54, 1.807) is 0 Å². The predicted octanol–water partition coefficient (Wildman–Crippen LogP) is 2.05. The molecule has 0 aliphatic heterocycles. The molecule has 0 aliphatic carbocycles. The standard InChI is InChI=1S/C14H20O3Si/c1-5-12-15-13-8-10-14(11-9-13)18(4,16-6-2)17-7-3/h1,8-11H,6-7,12H2,2-4H3. The van der Waals surface area contributed by atoms with Crippen molar-refractivity contribution in [3.8, 4) is 18.1 Å². The molecule has 18 heavy (non-hydrogen) atoms. The Morgan fingerprint density at radius 3 is 2.11 bits per heavy atom.